The molecule has 0 aliphatic heterocycles. The van der Waals surface area contributed by atoms with Crippen molar-refractivity contribution >= 4 is 5.91 Å². The number of rotatable bonds is 7. The van der Waals surface area contributed by atoms with Crippen LogP contribution in [-0.2, 0) is 0 Å². The first kappa shape index (κ1) is 16.2. The summed E-state index contributed by atoms with van der Waals surface area (Å²) in [5, 5.41) is 7.08. The molecule has 5 heteroatoms. The Labute approximate surface area is 130 Å². The number of halogens is 1. The third-order valence-corrected chi connectivity index (χ3v) is 3.54. The van der Waals surface area contributed by atoms with Crippen LogP contribution in [0.5, 0.6) is 0 Å². The van der Waals surface area contributed by atoms with Gasteiger partial charge in [0.05, 0.1) is 0 Å². The highest BCUT2D eigenvalue weighted by molar-refractivity contribution is 5.92. The molecule has 1 unspecified atom stereocenters. The highest BCUT2D eigenvalue weighted by Crippen LogP contribution is 2.12. The lowest BCUT2D eigenvalue weighted by atomic mass is 10.1. The second-order valence-corrected chi connectivity index (χ2v) is 5.47. The van der Waals surface area contributed by atoms with Crippen LogP contribution in [0.2, 0.25) is 0 Å². The largest absolute Gasteiger partial charge is 0.348 e. The molecule has 0 bridgehead atoms. The number of hydrogen-bond donors (Lipinski definition) is 1. The number of aromatic nitrogens is 2. The molecule has 118 valence electrons. The molecule has 0 saturated heterocycles. The third kappa shape index (κ3) is 4.16. The number of carbonyl (C=O) groups excluding carboxylic acids is 1. The SMILES string of the molecule is CCCCCC(C)NC(=O)c1ccn(-c2ccccc2F)n1. The van der Waals surface area contributed by atoms with Gasteiger partial charge >= 0.3 is 0 Å². The zero-order chi connectivity index (χ0) is 15.9. The number of amides is 1. The molecule has 4 nitrogen and oxygen atoms in total. The molecule has 0 fully saturated rings. The number of nitrogens with one attached hydrogen (secondary N) is 1. The number of para-hydroxylation sites is 1. The van der Waals surface area contributed by atoms with Crippen LogP contribution in [0.15, 0.2) is 36.5 Å². The summed E-state index contributed by atoms with van der Waals surface area (Å²) in [6, 6.07) is 8.05. The van der Waals surface area contributed by atoms with Crippen molar-refractivity contribution in [1.82, 2.24) is 15.1 Å². The van der Waals surface area contributed by atoms with Gasteiger partial charge in [-0.15, -0.1) is 0 Å². The zero-order valence-electron chi connectivity index (χ0n) is 13.1. The van der Waals surface area contributed by atoms with Crippen LogP contribution in [0, 0.1) is 5.82 Å². The van der Waals surface area contributed by atoms with Gasteiger partial charge in [0.2, 0.25) is 0 Å². The molecule has 2 rings (SSSR count). The number of nitrogens with zero attached hydrogens (tertiary/aromatic N) is 2. The third-order valence-electron chi connectivity index (χ3n) is 3.54. The van der Waals surface area contributed by atoms with Gasteiger partial charge in [-0.1, -0.05) is 38.3 Å². The van der Waals surface area contributed by atoms with Gasteiger partial charge in [0.1, 0.15) is 11.5 Å². The monoisotopic (exact) mass is 303 g/mol. The first-order valence-corrected chi connectivity index (χ1v) is 7.73. The van der Waals surface area contributed by atoms with Crippen molar-refractivity contribution < 1.29 is 9.18 Å². The van der Waals surface area contributed by atoms with Gasteiger partial charge in [-0.2, -0.15) is 5.10 Å². The lowest BCUT2D eigenvalue weighted by molar-refractivity contribution is 0.0932. The molecule has 0 spiro atoms. The molecule has 2 aromatic rings. The quantitative estimate of drug-likeness (QED) is 0.793. The molecule has 1 aromatic heterocycles. The standard InChI is InChI=1S/C17H22FN3O/c1-3-4-5-8-13(2)19-17(22)15-11-12-21(20-15)16-10-7-6-9-14(16)18/h6-7,9-13H,3-5,8H2,1-2H3,(H,19,22). The summed E-state index contributed by atoms with van der Waals surface area (Å²) in [5.74, 6) is -0.593. The first-order valence-electron chi connectivity index (χ1n) is 7.73. The van der Waals surface area contributed by atoms with Gasteiger partial charge in [-0.05, 0) is 31.5 Å². The van der Waals surface area contributed by atoms with Gasteiger partial charge in [-0.25, -0.2) is 9.07 Å². The Morgan fingerprint density at radius 3 is 2.82 bits per heavy atom. The van der Waals surface area contributed by atoms with Crippen molar-refractivity contribution in [3.05, 3.63) is 48.0 Å². The molecular weight excluding hydrogens is 281 g/mol. The fourth-order valence-corrected chi connectivity index (χ4v) is 2.29. The Balaban J connectivity index is 1.99. The van der Waals surface area contributed by atoms with Crippen LogP contribution in [0.25, 0.3) is 5.69 Å². The molecule has 0 radical (unpaired) electrons. The van der Waals surface area contributed by atoms with Crippen LogP contribution in [0.1, 0.15) is 50.0 Å². The van der Waals surface area contributed by atoms with Crippen molar-refractivity contribution in [2.75, 3.05) is 0 Å². The van der Waals surface area contributed by atoms with E-state index in [0.717, 1.165) is 19.3 Å². The van der Waals surface area contributed by atoms with Gasteiger partial charge in [0, 0.05) is 12.2 Å². The maximum atomic E-state index is 13.7. The van der Waals surface area contributed by atoms with Crippen molar-refractivity contribution in [2.45, 2.75) is 45.6 Å². The predicted molar refractivity (Wildman–Crippen MR) is 84.6 cm³/mol. The molecule has 0 aliphatic rings. The van der Waals surface area contributed by atoms with E-state index in [1.807, 2.05) is 6.92 Å². The van der Waals surface area contributed by atoms with Crippen molar-refractivity contribution in [3.63, 3.8) is 0 Å². The van der Waals surface area contributed by atoms with E-state index in [1.165, 1.54) is 17.2 Å². The molecule has 1 amide bonds. The maximum Gasteiger partial charge on any atom is 0.271 e. The summed E-state index contributed by atoms with van der Waals surface area (Å²) in [7, 11) is 0. The molecular formula is C17H22FN3O. The average molecular weight is 303 g/mol. The maximum absolute atomic E-state index is 13.7. The van der Waals surface area contributed by atoms with Crippen molar-refractivity contribution in [3.8, 4) is 5.69 Å². The summed E-state index contributed by atoms with van der Waals surface area (Å²) in [6.45, 7) is 4.14. The Morgan fingerprint density at radius 2 is 2.09 bits per heavy atom. The molecule has 22 heavy (non-hydrogen) atoms. The molecule has 1 N–H and O–H groups in total. The topological polar surface area (TPSA) is 46.9 Å². The minimum atomic E-state index is -0.370. The van der Waals surface area contributed by atoms with E-state index in [-0.39, 0.29) is 17.8 Å². The second-order valence-electron chi connectivity index (χ2n) is 5.47. The van der Waals surface area contributed by atoms with E-state index in [0.29, 0.717) is 11.4 Å². The number of unbranched alkanes of at least 4 members (excludes halogenated alkanes) is 2. The zero-order valence-corrected chi connectivity index (χ0v) is 13.1. The number of carbonyl (C=O) groups is 1. The first-order chi connectivity index (χ1) is 10.6. The Hall–Kier alpha value is -2.17. The van der Waals surface area contributed by atoms with Crippen LogP contribution < -0.4 is 5.32 Å². The summed E-state index contributed by atoms with van der Waals surface area (Å²) < 4.78 is 15.1. The summed E-state index contributed by atoms with van der Waals surface area (Å²) >= 11 is 0. The van der Waals surface area contributed by atoms with Gasteiger partial charge in [0.15, 0.2) is 5.69 Å². The lowest BCUT2D eigenvalue weighted by Crippen LogP contribution is -2.32. The fraction of sp³-hybridized carbons (Fsp3) is 0.412. The summed E-state index contributed by atoms with van der Waals surface area (Å²) in [4.78, 5) is 12.1. The Kier molecular flexibility index (Phi) is 5.69. The molecule has 1 heterocycles. The lowest BCUT2D eigenvalue weighted by Gasteiger charge is -2.12. The smallest absolute Gasteiger partial charge is 0.271 e. The van der Waals surface area contributed by atoms with E-state index in [4.69, 9.17) is 0 Å². The van der Waals surface area contributed by atoms with Crippen LogP contribution in [0.3, 0.4) is 0 Å². The minimum absolute atomic E-state index is 0.109. The van der Waals surface area contributed by atoms with E-state index < -0.39 is 0 Å². The van der Waals surface area contributed by atoms with E-state index in [1.54, 1.807) is 30.5 Å². The van der Waals surface area contributed by atoms with E-state index in [9.17, 15) is 9.18 Å². The van der Waals surface area contributed by atoms with Crippen LogP contribution in [-0.4, -0.2) is 21.7 Å². The summed E-state index contributed by atoms with van der Waals surface area (Å²) in [6.07, 6.45) is 5.97. The molecule has 1 aromatic carbocycles. The number of benzene rings is 1. The summed E-state index contributed by atoms with van der Waals surface area (Å²) in [5.41, 5.74) is 0.628. The van der Waals surface area contributed by atoms with Crippen molar-refractivity contribution in [2.24, 2.45) is 0 Å². The number of hydrogen-bond acceptors (Lipinski definition) is 2. The van der Waals surface area contributed by atoms with E-state index in [2.05, 4.69) is 17.3 Å². The van der Waals surface area contributed by atoms with Gasteiger partial charge in [-0.3, -0.25) is 4.79 Å². The molecule has 1 atom stereocenters. The second kappa shape index (κ2) is 7.73. The van der Waals surface area contributed by atoms with Gasteiger partial charge in [0.25, 0.3) is 5.91 Å². The van der Waals surface area contributed by atoms with Crippen LogP contribution >= 0.6 is 0 Å². The average Bonchev–Trinajstić information content (AvgIpc) is 2.97. The van der Waals surface area contributed by atoms with Crippen LogP contribution in [0.4, 0.5) is 4.39 Å². The highest BCUT2D eigenvalue weighted by atomic mass is 19.1. The Bertz CT molecular complexity index is 624. The molecule has 0 aliphatic carbocycles. The van der Waals surface area contributed by atoms with Gasteiger partial charge < -0.3 is 5.32 Å². The molecule has 0 saturated carbocycles. The fourth-order valence-electron chi connectivity index (χ4n) is 2.29. The Morgan fingerprint density at radius 1 is 1.32 bits per heavy atom. The normalized spacial score (nSPS) is 12.1. The highest BCUT2D eigenvalue weighted by Gasteiger charge is 2.14. The predicted octanol–water partition coefficient (Wildman–Crippen LogP) is 3.71. The minimum Gasteiger partial charge on any atom is -0.348 e. The van der Waals surface area contributed by atoms with Crippen molar-refractivity contribution in [1.29, 1.82) is 0 Å². The van der Waals surface area contributed by atoms with E-state index >= 15 is 0 Å².